The maximum absolute atomic E-state index is 12.0. The van der Waals surface area contributed by atoms with Crippen LogP contribution < -0.4 is 11.1 Å². The third-order valence-corrected chi connectivity index (χ3v) is 3.12. The van der Waals surface area contributed by atoms with Gasteiger partial charge in [-0.15, -0.1) is 0 Å². The van der Waals surface area contributed by atoms with Gasteiger partial charge in [0.15, 0.2) is 6.04 Å². The van der Waals surface area contributed by atoms with E-state index in [2.05, 4.69) is 5.32 Å². The van der Waals surface area contributed by atoms with Gasteiger partial charge >= 0.3 is 5.97 Å². The fraction of sp³-hybridized carbons (Fsp3) is 0.818. The van der Waals surface area contributed by atoms with Crippen molar-refractivity contribution in [3.05, 3.63) is 0 Å². The summed E-state index contributed by atoms with van der Waals surface area (Å²) in [4.78, 5) is 22.9. The molecule has 0 aliphatic heterocycles. The largest absolute Gasteiger partial charge is 0.480 e. The molecule has 4 N–H and O–H groups in total. The number of nitrogens with one attached hydrogen (secondary N) is 1. The van der Waals surface area contributed by atoms with E-state index < -0.39 is 28.9 Å². The number of ether oxygens (including phenoxy) is 1. The summed E-state index contributed by atoms with van der Waals surface area (Å²) >= 11 is 0. The minimum atomic E-state index is -1.13. The monoisotopic (exact) mass is 246 g/mol. The molecule has 0 fully saturated rings. The molecule has 0 heterocycles. The van der Waals surface area contributed by atoms with E-state index in [1.807, 2.05) is 0 Å². The quantitative estimate of drug-likeness (QED) is 0.610. The number of nitrogens with two attached hydrogens (primary N) is 1. The van der Waals surface area contributed by atoms with Gasteiger partial charge < -0.3 is 20.9 Å². The molecule has 1 amide bonds. The van der Waals surface area contributed by atoms with Crippen molar-refractivity contribution in [2.45, 2.75) is 39.3 Å². The molecule has 0 aliphatic carbocycles. The van der Waals surface area contributed by atoms with Crippen LogP contribution in [0.5, 0.6) is 0 Å². The fourth-order valence-corrected chi connectivity index (χ4v) is 0.973. The van der Waals surface area contributed by atoms with Gasteiger partial charge in [0.05, 0.1) is 12.0 Å². The molecule has 0 aliphatic rings. The lowest BCUT2D eigenvalue weighted by Crippen LogP contribution is -2.58. The molecule has 0 spiro atoms. The molecule has 0 aromatic carbocycles. The Labute approximate surface area is 102 Å². The fourth-order valence-electron chi connectivity index (χ4n) is 0.973. The first-order valence-electron chi connectivity index (χ1n) is 5.35. The van der Waals surface area contributed by atoms with Gasteiger partial charge in [-0.1, -0.05) is 0 Å². The maximum atomic E-state index is 12.0. The second-order valence-corrected chi connectivity index (χ2v) is 5.17. The van der Waals surface area contributed by atoms with Crippen molar-refractivity contribution in [1.82, 2.24) is 5.32 Å². The zero-order valence-corrected chi connectivity index (χ0v) is 11.0. The first-order valence-corrected chi connectivity index (χ1v) is 5.35. The summed E-state index contributed by atoms with van der Waals surface area (Å²) in [5.41, 5.74) is 4.26. The van der Waals surface area contributed by atoms with Gasteiger partial charge in [0.2, 0.25) is 5.91 Å². The van der Waals surface area contributed by atoms with E-state index in [1.54, 1.807) is 27.7 Å². The predicted molar refractivity (Wildman–Crippen MR) is 63.5 cm³/mol. The number of carbonyl (C=O) groups excluding carboxylic acids is 1. The molecule has 0 bridgehead atoms. The number of carboxylic acids is 1. The number of amides is 1. The normalized spacial score (nSPS) is 14.2. The molecule has 0 radical (unpaired) electrons. The van der Waals surface area contributed by atoms with E-state index >= 15 is 0 Å². The lowest BCUT2D eigenvalue weighted by molar-refractivity contribution is -0.145. The Balaban J connectivity index is 4.78. The Morgan fingerprint density at radius 1 is 1.35 bits per heavy atom. The van der Waals surface area contributed by atoms with Crippen LogP contribution in [0.15, 0.2) is 0 Å². The average molecular weight is 246 g/mol. The van der Waals surface area contributed by atoms with Crippen molar-refractivity contribution in [3.63, 3.8) is 0 Å². The van der Waals surface area contributed by atoms with E-state index in [9.17, 15) is 9.59 Å². The van der Waals surface area contributed by atoms with Crippen LogP contribution in [-0.4, -0.2) is 42.3 Å². The molecule has 0 aromatic heterocycles. The van der Waals surface area contributed by atoms with Gasteiger partial charge in [-0.3, -0.25) is 4.79 Å². The minimum absolute atomic E-state index is 0.0812. The van der Waals surface area contributed by atoms with Gasteiger partial charge in [-0.05, 0) is 27.7 Å². The van der Waals surface area contributed by atoms with Crippen molar-refractivity contribution >= 4 is 11.9 Å². The lowest BCUT2D eigenvalue weighted by atomic mass is 9.74. The molecule has 0 saturated carbocycles. The molecule has 6 heteroatoms. The summed E-state index contributed by atoms with van der Waals surface area (Å²) in [6.07, 6.45) is 0. The van der Waals surface area contributed by atoms with E-state index in [4.69, 9.17) is 15.6 Å². The number of hydrogen-bond acceptors (Lipinski definition) is 4. The van der Waals surface area contributed by atoms with Crippen LogP contribution in [0.4, 0.5) is 0 Å². The zero-order valence-electron chi connectivity index (χ0n) is 11.0. The molecule has 6 nitrogen and oxygen atoms in total. The summed E-state index contributed by atoms with van der Waals surface area (Å²) in [6.45, 7) is 6.71. The smallest absolute Gasteiger partial charge is 0.328 e. The number of aliphatic carboxylic acids is 1. The first-order chi connectivity index (χ1) is 7.54. The second kappa shape index (κ2) is 5.46. The average Bonchev–Trinajstić information content (AvgIpc) is 2.14. The molecular formula is C11H22N2O4. The van der Waals surface area contributed by atoms with Crippen LogP contribution in [0.25, 0.3) is 0 Å². The van der Waals surface area contributed by atoms with Gasteiger partial charge in [-0.25, -0.2) is 4.79 Å². The topological polar surface area (TPSA) is 102 Å². The zero-order chi connectivity index (χ0) is 13.9. The standard InChI is InChI=1S/C11H22N2O4/c1-10(2,11(3,4)12)9(16)13-7(6-17-5)8(14)15/h7H,6,12H2,1-5H3,(H,13,16)(H,14,15). The summed E-state index contributed by atoms with van der Waals surface area (Å²) in [5.74, 6) is -1.54. The molecule has 0 rings (SSSR count). The highest BCUT2D eigenvalue weighted by Gasteiger charge is 2.41. The summed E-state index contributed by atoms with van der Waals surface area (Å²) in [6, 6.07) is -1.06. The summed E-state index contributed by atoms with van der Waals surface area (Å²) < 4.78 is 4.74. The van der Waals surface area contributed by atoms with Crippen LogP contribution in [0.1, 0.15) is 27.7 Å². The Morgan fingerprint density at radius 2 is 1.82 bits per heavy atom. The van der Waals surface area contributed by atoms with Crippen molar-refractivity contribution < 1.29 is 19.4 Å². The van der Waals surface area contributed by atoms with E-state index in [1.165, 1.54) is 7.11 Å². The third-order valence-electron chi connectivity index (χ3n) is 3.12. The molecule has 17 heavy (non-hydrogen) atoms. The van der Waals surface area contributed by atoms with Gasteiger partial charge in [0, 0.05) is 12.6 Å². The Morgan fingerprint density at radius 3 is 2.12 bits per heavy atom. The Bertz CT molecular complexity index is 294. The Kier molecular flexibility index (Phi) is 5.10. The number of carboxylic acid groups (broad SMARTS) is 1. The molecule has 0 saturated heterocycles. The third kappa shape index (κ3) is 3.98. The minimum Gasteiger partial charge on any atom is -0.480 e. The first kappa shape index (κ1) is 15.9. The van der Waals surface area contributed by atoms with Crippen molar-refractivity contribution in [1.29, 1.82) is 0 Å². The predicted octanol–water partition coefficient (Wildman–Crippen LogP) is -0.0343. The van der Waals surface area contributed by atoms with E-state index in [0.29, 0.717) is 0 Å². The van der Waals surface area contributed by atoms with E-state index in [0.717, 1.165) is 0 Å². The van der Waals surface area contributed by atoms with Crippen molar-refractivity contribution in [2.24, 2.45) is 11.1 Å². The number of carbonyl (C=O) groups is 2. The lowest BCUT2D eigenvalue weighted by Gasteiger charge is -2.37. The number of methoxy groups -OCH3 is 1. The Hall–Kier alpha value is -1.14. The molecular weight excluding hydrogens is 224 g/mol. The highest BCUT2D eigenvalue weighted by molar-refractivity contribution is 5.88. The van der Waals surface area contributed by atoms with Gasteiger partial charge in [0.25, 0.3) is 0 Å². The SMILES string of the molecule is COCC(NC(=O)C(C)(C)C(C)(C)N)C(=O)O. The van der Waals surface area contributed by atoms with Crippen LogP contribution >= 0.6 is 0 Å². The van der Waals surface area contributed by atoms with E-state index in [-0.39, 0.29) is 6.61 Å². The molecule has 1 unspecified atom stereocenters. The summed E-state index contributed by atoms with van der Waals surface area (Å²) in [7, 11) is 1.38. The maximum Gasteiger partial charge on any atom is 0.328 e. The highest BCUT2D eigenvalue weighted by atomic mass is 16.5. The van der Waals surface area contributed by atoms with Crippen molar-refractivity contribution in [2.75, 3.05) is 13.7 Å². The second-order valence-electron chi connectivity index (χ2n) is 5.17. The summed E-state index contributed by atoms with van der Waals surface area (Å²) in [5, 5.41) is 11.3. The van der Waals surface area contributed by atoms with Crippen LogP contribution in [0.3, 0.4) is 0 Å². The van der Waals surface area contributed by atoms with Crippen LogP contribution in [0.2, 0.25) is 0 Å². The molecule has 100 valence electrons. The molecule has 1 atom stereocenters. The van der Waals surface area contributed by atoms with Crippen molar-refractivity contribution in [3.8, 4) is 0 Å². The van der Waals surface area contributed by atoms with Gasteiger partial charge in [0.1, 0.15) is 0 Å². The number of rotatable bonds is 6. The van der Waals surface area contributed by atoms with Crippen LogP contribution in [-0.2, 0) is 14.3 Å². The number of hydrogen-bond donors (Lipinski definition) is 3. The van der Waals surface area contributed by atoms with Gasteiger partial charge in [-0.2, -0.15) is 0 Å². The molecule has 0 aromatic rings. The van der Waals surface area contributed by atoms with Crippen LogP contribution in [0, 0.1) is 5.41 Å². The highest BCUT2D eigenvalue weighted by Crippen LogP contribution is 2.28.